The average molecular weight is 213 g/mol. The van der Waals surface area contributed by atoms with E-state index in [0.29, 0.717) is 6.42 Å². The number of halogens is 1. The molecule has 2 atom stereocenters. The second-order valence-electron chi connectivity index (χ2n) is 3.78. The molecule has 1 aromatic carbocycles. The van der Waals surface area contributed by atoms with Gasteiger partial charge in [0, 0.05) is 17.9 Å². The molecular formula is C11H13ClO2. The van der Waals surface area contributed by atoms with Gasteiger partial charge >= 0.3 is 0 Å². The fourth-order valence-electron chi connectivity index (χ4n) is 1.80. The number of fused-ring (bicyclic) bond motifs is 1. The van der Waals surface area contributed by atoms with Gasteiger partial charge in [-0.25, -0.2) is 0 Å². The lowest BCUT2D eigenvalue weighted by atomic mass is 10.1. The predicted octanol–water partition coefficient (Wildman–Crippen LogP) is 2.41. The molecular weight excluding hydrogens is 200 g/mol. The summed E-state index contributed by atoms with van der Waals surface area (Å²) in [6, 6.07) is 5.64. The first-order valence-corrected chi connectivity index (χ1v) is 5.16. The zero-order valence-electron chi connectivity index (χ0n) is 8.03. The Balaban J connectivity index is 2.10. The Morgan fingerprint density at radius 1 is 1.64 bits per heavy atom. The van der Waals surface area contributed by atoms with Crippen molar-refractivity contribution in [2.45, 2.75) is 32.0 Å². The fraction of sp³-hybridized carbons (Fsp3) is 0.455. The molecule has 0 bridgehead atoms. The van der Waals surface area contributed by atoms with Crippen LogP contribution in [0.25, 0.3) is 0 Å². The summed E-state index contributed by atoms with van der Waals surface area (Å²) < 4.78 is 5.65. The van der Waals surface area contributed by atoms with Gasteiger partial charge in [-0.1, -0.05) is 11.6 Å². The monoisotopic (exact) mass is 212 g/mol. The molecule has 0 fully saturated rings. The number of rotatable bonds is 2. The standard InChI is InChI=1S/C11H13ClO2/c1-7(13)4-10-6-8-5-9(12)2-3-11(8)14-10/h2-3,5,7,10,13H,4,6H2,1H3. The molecule has 1 aromatic rings. The quantitative estimate of drug-likeness (QED) is 0.816. The van der Waals surface area contributed by atoms with Gasteiger partial charge in [0.05, 0.1) is 6.10 Å². The molecule has 2 unspecified atom stereocenters. The molecule has 3 heteroatoms. The van der Waals surface area contributed by atoms with Crippen LogP contribution in [-0.4, -0.2) is 17.3 Å². The third-order valence-electron chi connectivity index (χ3n) is 2.37. The molecule has 1 N–H and O–H groups in total. The number of benzene rings is 1. The van der Waals surface area contributed by atoms with Crippen LogP contribution >= 0.6 is 11.6 Å². The maximum atomic E-state index is 9.24. The van der Waals surface area contributed by atoms with Crippen LogP contribution in [0.3, 0.4) is 0 Å². The second-order valence-corrected chi connectivity index (χ2v) is 4.22. The molecule has 1 aliphatic rings. The van der Waals surface area contributed by atoms with Gasteiger partial charge in [-0.2, -0.15) is 0 Å². The highest BCUT2D eigenvalue weighted by Gasteiger charge is 2.23. The third-order valence-corrected chi connectivity index (χ3v) is 2.60. The van der Waals surface area contributed by atoms with Crippen molar-refractivity contribution >= 4 is 11.6 Å². The summed E-state index contributed by atoms with van der Waals surface area (Å²) in [6.45, 7) is 1.78. The maximum Gasteiger partial charge on any atom is 0.123 e. The largest absolute Gasteiger partial charge is 0.490 e. The van der Waals surface area contributed by atoms with E-state index in [4.69, 9.17) is 16.3 Å². The minimum Gasteiger partial charge on any atom is -0.490 e. The van der Waals surface area contributed by atoms with Crippen LogP contribution in [0.5, 0.6) is 5.75 Å². The van der Waals surface area contributed by atoms with Crippen LogP contribution in [0.4, 0.5) is 0 Å². The molecule has 0 spiro atoms. The van der Waals surface area contributed by atoms with Crippen molar-refractivity contribution in [3.05, 3.63) is 28.8 Å². The highest BCUT2D eigenvalue weighted by atomic mass is 35.5. The van der Waals surface area contributed by atoms with Crippen LogP contribution in [-0.2, 0) is 6.42 Å². The van der Waals surface area contributed by atoms with E-state index in [0.717, 1.165) is 22.8 Å². The molecule has 2 nitrogen and oxygen atoms in total. The summed E-state index contributed by atoms with van der Waals surface area (Å²) >= 11 is 5.87. The van der Waals surface area contributed by atoms with Gasteiger partial charge in [-0.05, 0) is 30.7 Å². The number of aliphatic hydroxyl groups is 1. The molecule has 76 valence electrons. The van der Waals surface area contributed by atoms with Crippen molar-refractivity contribution in [3.63, 3.8) is 0 Å². The Morgan fingerprint density at radius 3 is 3.14 bits per heavy atom. The van der Waals surface area contributed by atoms with E-state index in [1.54, 1.807) is 6.92 Å². The predicted molar refractivity (Wildman–Crippen MR) is 55.9 cm³/mol. The summed E-state index contributed by atoms with van der Waals surface area (Å²) in [4.78, 5) is 0. The van der Waals surface area contributed by atoms with E-state index < -0.39 is 0 Å². The first-order chi connectivity index (χ1) is 6.65. The van der Waals surface area contributed by atoms with Crippen molar-refractivity contribution in [1.82, 2.24) is 0 Å². The molecule has 0 saturated heterocycles. The van der Waals surface area contributed by atoms with Crippen molar-refractivity contribution in [2.24, 2.45) is 0 Å². The summed E-state index contributed by atoms with van der Waals surface area (Å²) in [5.41, 5.74) is 1.14. The van der Waals surface area contributed by atoms with Crippen molar-refractivity contribution in [2.75, 3.05) is 0 Å². The Bertz CT molecular complexity index is 336. The van der Waals surface area contributed by atoms with Crippen molar-refractivity contribution in [3.8, 4) is 5.75 Å². The molecule has 0 radical (unpaired) electrons. The molecule has 0 amide bonds. The van der Waals surface area contributed by atoms with Crippen LogP contribution in [0.2, 0.25) is 5.02 Å². The maximum absolute atomic E-state index is 9.24. The van der Waals surface area contributed by atoms with E-state index in [1.165, 1.54) is 0 Å². The Morgan fingerprint density at radius 2 is 2.43 bits per heavy atom. The van der Waals surface area contributed by atoms with Crippen molar-refractivity contribution in [1.29, 1.82) is 0 Å². The molecule has 0 aromatic heterocycles. The first-order valence-electron chi connectivity index (χ1n) is 4.78. The van der Waals surface area contributed by atoms with E-state index in [2.05, 4.69) is 0 Å². The second kappa shape index (κ2) is 3.79. The third kappa shape index (κ3) is 2.02. The normalized spacial score (nSPS) is 21.5. The van der Waals surface area contributed by atoms with E-state index in [9.17, 15) is 5.11 Å². The Hall–Kier alpha value is -0.730. The van der Waals surface area contributed by atoms with Crippen LogP contribution in [0, 0.1) is 0 Å². The minimum absolute atomic E-state index is 0.100. The molecule has 14 heavy (non-hydrogen) atoms. The summed E-state index contributed by atoms with van der Waals surface area (Å²) in [5, 5.41) is 9.98. The topological polar surface area (TPSA) is 29.5 Å². The number of ether oxygens (including phenoxy) is 1. The lowest BCUT2D eigenvalue weighted by Gasteiger charge is -2.11. The smallest absolute Gasteiger partial charge is 0.123 e. The molecule has 0 aliphatic carbocycles. The van der Waals surface area contributed by atoms with Gasteiger partial charge in [0.2, 0.25) is 0 Å². The first kappa shape index (κ1) is 9.81. The van der Waals surface area contributed by atoms with Crippen LogP contribution < -0.4 is 4.74 Å². The Labute approximate surface area is 88.5 Å². The summed E-state index contributed by atoms with van der Waals surface area (Å²) in [6.07, 6.45) is 1.31. The molecule has 1 aliphatic heterocycles. The van der Waals surface area contributed by atoms with Gasteiger partial charge in [-0.15, -0.1) is 0 Å². The lowest BCUT2D eigenvalue weighted by molar-refractivity contribution is 0.118. The number of aliphatic hydroxyl groups excluding tert-OH is 1. The van der Waals surface area contributed by atoms with Gasteiger partial charge in [0.15, 0.2) is 0 Å². The molecule has 0 saturated carbocycles. The Kier molecular flexibility index (Phi) is 2.66. The molecule has 1 heterocycles. The highest BCUT2D eigenvalue weighted by molar-refractivity contribution is 6.30. The fourth-order valence-corrected chi connectivity index (χ4v) is 2.00. The average Bonchev–Trinajstić information content (AvgIpc) is 2.44. The van der Waals surface area contributed by atoms with E-state index >= 15 is 0 Å². The van der Waals surface area contributed by atoms with Crippen molar-refractivity contribution < 1.29 is 9.84 Å². The molecule has 2 rings (SSSR count). The van der Waals surface area contributed by atoms with E-state index in [-0.39, 0.29) is 12.2 Å². The highest BCUT2D eigenvalue weighted by Crippen LogP contribution is 2.32. The zero-order valence-corrected chi connectivity index (χ0v) is 8.79. The summed E-state index contributed by atoms with van der Waals surface area (Å²) in [5.74, 6) is 0.903. The van der Waals surface area contributed by atoms with Crippen LogP contribution in [0.1, 0.15) is 18.9 Å². The van der Waals surface area contributed by atoms with Gasteiger partial charge in [0.1, 0.15) is 11.9 Å². The van der Waals surface area contributed by atoms with Gasteiger partial charge in [0.25, 0.3) is 0 Å². The minimum atomic E-state index is -0.315. The van der Waals surface area contributed by atoms with Crippen LogP contribution in [0.15, 0.2) is 18.2 Å². The SMILES string of the molecule is CC(O)CC1Cc2cc(Cl)ccc2O1. The zero-order chi connectivity index (χ0) is 10.1. The van der Waals surface area contributed by atoms with Gasteiger partial charge in [-0.3, -0.25) is 0 Å². The van der Waals surface area contributed by atoms with Gasteiger partial charge < -0.3 is 9.84 Å². The number of hydrogen-bond acceptors (Lipinski definition) is 2. The lowest BCUT2D eigenvalue weighted by Crippen LogP contribution is -2.19. The van der Waals surface area contributed by atoms with E-state index in [1.807, 2.05) is 18.2 Å². The summed E-state index contributed by atoms with van der Waals surface area (Å²) in [7, 11) is 0. The number of hydrogen-bond donors (Lipinski definition) is 1.